The number of guanidine groups is 1. The van der Waals surface area contributed by atoms with Crippen LogP contribution in [0.4, 0.5) is 0 Å². The van der Waals surface area contributed by atoms with Gasteiger partial charge in [-0.25, -0.2) is 9.67 Å². The van der Waals surface area contributed by atoms with Gasteiger partial charge in [-0.15, -0.1) is 24.0 Å². The van der Waals surface area contributed by atoms with E-state index in [0.717, 1.165) is 44.3 Å². The number of rotatable bonds is 5. The molecule has 8 heteroatoms. The number of fused-ring (bicyclic) bond motifs is 1. The molecule has 3 rings (SSSR count). The number of aliphatic imine (C=N–C) groups is 1. The van der Waals surface area contributed by atoms with E-state index in [1.807, 2.05) is 4.68 Å². The number of nitrogens with zero attached hydrogens (tertiary/aromatic N) is 4. The fourth-order valence-electron chi connectivity index (χ4n) is 2.76. The summed E-state index contributed by atoms with van der Waals surface area (Å²) in [5.74, 6) is 2.41. The lowest BCUT2D eigenvalue weighted by Gasteiger charge is -2.25. The molecule has 0 radical (unpaired) electrons. The molecular weight excluding hydrogens is 435 g/mol. The summed E-state index contributed by atoms with van der Waals surface area (Å²) in [7, 11) is 0. The second-order valence-corrected chi connectivity index (χ2v) is 6.70. The van der Waals surface area contributed by atoms with Crippen molar-refractivity contribution in [1.29, 1.82) is 0 Å². The van der Waals surface area contributed by atoms with Crippen LogP contribution in [0.15, 0.2) is 28.1 Å². The van der Waals surface area contributed by atoms with E-state index in [1.54, 1.807) is 17.7 Å². The molecule has 24 heavy (non-hydrogen) atoms. The van der Waals surface area contributed by atoms with Crippen molar-refractivity contribution in [3.05, 3.63) is 34.5 Å². The molecule has 6 nitrogen and oxygen atoms in total. The van der Waals surface area contributed by atoms with Gasteiger partial charge < -0.3 is 10.6 Å². The first-order valence-corrected chi connectivity index (χ1v) is 9.14. The fourth-order valence-corrected chi connectivity index (χ4v) is 3.54. The molecule has 2 N–H and O–H groups in total. The lowest BCUT2D eigenvalue weighted by molar-refractivity contribution is 0.392. The third kappa shape index (κ3) is 4.92. The van der Waals surface area contributed by atoms with E-state index in [4.69, 9.17) is 4.99 Å². The molecule has 0 bridgehead atoms. The van der Waals surface area contributed by atoms with Crippen LogP contribution in [0, 0.1) is 0 Å². The van der Waals surface area contributed by atoms with Crippen molar-refractivity contribution in [2.45, 2.75) is 45.2 Å². The van der Waals surface area contributed by atoms with Crippen molar-refractivity contribution < 1.29 is 0 Å². The molecule has 0 spiro atoms. The quantitative estimate of drug-likeness (QED) is 0.409. The Balaban J connectivity index is 0.00000208. The highest BCUT2D eigenvalue weighted by Gasteiger charge is 2.20. The summed E-state index contributed by atoms with van der Waals surface area (Å²) in [4.78, 5) is 9.03. The number of thiophene rings is 1. The molecule has 1 aliphatic rings. The van der Waals surface area contributed by atoms with E-state index >= 15 is 0 Å². The minimum Gasteiger partial charge on any atom is -0.357 e. The molecule has 0 fully saturated rings. The maximum atomic E-state index is 4.76. The minimum atomic E-state index is 0. The maximum Gasteiger partial charge on any atom is 0.191 e. The summed E-state index contributed by atoms with van der Waals surface area (Å²) < 4.78 is 1.98. The van der Waals surface area contributed by atoms with E-state index in [1.165, 1.54) is 5.56 Å². The number of hydrogen-bond acceptors (Lipinski definition) is 4. The molecule has 1 aliphatic heterocycles. The van der Waals surface area contributed by atoms with Crippen molar-refractivity contribution in [1.82, 2.24) is 25.4 Å². The first kappa shape index (κ1) is 19.2. The first-order chi connectivity index (χ1) is 11.3. The predicted molar refractivity (Wildman–Crippen MR) is 109 cm³/mol. The Morgan fingerprint density at radius 3 is 3.17 bits per heavy atom. The maximum absolute atomic E-state index is 4.76. The van der Waals surface area contributed by atoms with Gasteiger partial charge in [0.1, 0.15) is 12.2 Å². The summed E-state index contributed by atoms with van der Waals surface area (Å²) in [6.45, 7) is 6.81. The largest absolute Gasteiger partial charge is 0.357 e. The van der Waals surface area contributed by atoms with E-state index < -0.39 is 0 Å². The molecule has 0 saturated heterocycles. The van der Waals surface area contributed by atoms with Crippen LogP contribution in [0.3, 0.4) is 0 Å². The summed E-state index contributed by atoms with van der Waals surface area (Å²) >= 11 is 1.74. The van der Waals surface area contributed by atoms with E-state index in [0.29, 0.717) is 12.0 Å². The average molecular weight is 460 g/mol. The Morgan fingerprint density at radius 1 is 1.54 bits per heavy atom. The molecule has 2 aromatic heterocycles. The van der Waals surface area contributed by atoms with Crippen LogP contribution in [0.25, 0.3) is 0 Å². The standard InChI is InChI=1S/C16H24N6S.HI/c1-3-17-16(18-8-12(2)13-6-7-23-10-13)21-14-4-5-15-19-11-20-22(15)9-14;/h6-7,10-12,14H,3-5,8-9H2,1-2H3,(H2,17,18,21);1H. The molecular formula is C16H25IN6S. The summed E-state index contributed by atoms with van der Waals surface area (Å²) in [5, 5.41) is 15.5. The van der Waals surface area contributed by atoms with E-state index in [9.17, 15) is 0 Å². The van der Waals surface area contributed by atoms with Crippen molar-refractivity contribution in [3.63, 3.8) is 0 Å². The lowest BCUT2D eigenvalue weighted by atomic mass is 10.1. The Bertz CT molecular complexity index is 639. The molecule has 2 atom stereocenters. The fraction of sp³-hybridized carbons (Fsp3) is 0.562. The van der Waals surface area contributed by atoms with Crippen LogP contribution in [0.2, 0.25) is 0 Å². The zero-order chi connectivity index (χ0) is 16.1. The third-order valence-corrected chi connectivity index (χ3v) is 4.83. The molecule has 132 valence electrons. The number of hydrogen-bond donors (Lipinski definition) is 2. The van der Waals surface area contributed by atoms with Crippen LogP contribution >= 0.6 is 35.3 Å². The Kier molecular flexibility index (Phi) is 7.47. The third-order valence-electron chi connectivity index (χ3n) is 4.13. The van der Waals surface area contributed by atoms with Gasteiger partial charge in [0.25, 0.3) is 0 Å². The number of nitrogens with one attached hydrogen (secondary N) is 2. The average Bonchev–Trinajstić information content (AvgIpc) is 3.23. The second kappa shape index (κ2) is 9.36. The second-order valence-electron chi connectivity index (χ2n) is 5.92. The van der Waals surface area contributed by atoms with E-state index in [2.05, 4.69) is 51.4 Å². The highest BCUT2D eigenvalue weighted by molar-refractivity contribution is 14.0. The van der Waals surface area contributed by atoms with Crippen molar-refractivity contribution >= 4 is 41.3 Å². The molecule has 2 aromatic rings. The zero-order valence-corrected chi connectivity index (χ0v) is 17.3. The molecule has 0 aliphatic carbocycles. The van der Waals surface area contributed by atoms with Gasteiger partial charge >= 0.3 is 0 Å². The van der Waals surface area contributed by atoms with Gasteiger partial charge in [0.2, 0.25) is 0 Å². The molecule has 2 unspecified atom stereocenters. The molecule has 3 heterocycles. The number of aryl methyl sites for hydroxylation is 1. The Morgan fingerprint density at radius 2 is 2.42 bits per heavy atom. The van der Waals surface area contributed by atoms with Gasteiger partial charge in [-0.3, -0.25) is 4.99 Å². The minimum absolute atomic E-state index is 0. The van der Waals surface area contributed by atoms with Gasteiger partial charge in [-0.2, -0.15) is 16.4 Å². The Labute approximate surface area is 164 Å². The van der Waals surface area contributed by atoms with Crippen molar-refractivity contribution in [2.75, 3.05) is 13.1 Å². The smallest absolute Gasteiger partial charge is 0.191 e. The molecule has 0 saturated carbocycles. The summed E-state index contributed by atoms with van der Waals surface area (Å²) in [5.41, 5.74) is 1.36. The molecule has 0 amide bonds. The van der Waals surface area contributed by atoms with Gasteiger partial charge in [-0.1, -0.05) is 6.92 Å². The summed E-state index contributed by atoms with van der Waals surface area (Å²) in [6, 6.07) is 2.52. The van der Waals surface area contributed by atoms with Crippen LogP contribution in [-0.4, -0.2) is 39.9 Å². The predicted octanol–water partition coefficient (Wildman–Crippen LogP) is 2.63. The highest BCUT2D eigenvalue weighted by Crippen LogP contribution is 2.18. The van der Waals surface area contributed by atoms with Crippen molar-refractivity contribution in [2.24, 2.45) is 4.99 Å². The van der Waals surface area contributed by atoms with Gasteiger partial charge in [0.15, 0.2) is 5.96 Å². The first-order valence-electron chi connectivity index (χ1n) is 8.20. The number of halogens is 1. The van der Waals surface area contributed by atoms with Gasteiger partial charge in [-0.05, 0) is 35.7 Å². The molecule has 0 aromatic carbocycles. The highest BCUT2D eigenvalue weighted by atomic mass is 127. The Hall–Kier alpha value is -1.16. The van der Waals surface area contributed by atoms with E-state index in [-0.39, 0.29) is 24.0 Å². The normalized spacial score (nSPS) is 18.4. The van der Waals surface area contributed by atoms with Crippen LogP contribution < -0.4 is 10.6 Å². The SMILES string of the molecule is CCNC(=NCC(C)c1ccsc1)NC1CCc2ncnn2C1.I. The van der Waals surface area contributed by atoms with Crippen LogP contribution in [0.1, 0.15) is 37.6 Å². The zero-order valence-electron chi connectivity index (χ0n) is 14.1. The van der Waals surface area contributed by atoms with Crippen LogP contribution in [-0.2, 0) is 13.0 Å². The van der Waals surface area contributed by atoms with Gasteiger partial charge in [0, 0.05) is 31.5 Å². The van der Waals surface area contributed by atoms with Crippen LogP contribution in [0.5, 0.6) is 0 Å². The lowest BCUT2D eigenvalue weighted by Crippen LogP contribution is -2.47. The monoisotopic (exact) mass is 460 g/mol. The topological polar surface area (TPSA) is 67.1 Å². The number of aromatic nitrogens is 3. The van der Waals surface area contributed by atoms with Crippen molar-refractivity contribution in [3.8, 4) is 0 Å². The summed E-state index contributed by atoms with van der Waals surface area (Å²) in [6.07, 6.45) is 3.66. The van der Waals surface area contributed by atoms with Gasteiger partial charge in [0.05, 0.1) is 6.54 Å².